The minimum atomic E-state index is -0.0416. The smallest absolute Gasteiger partial charge is 0.270 e. The van der Waals surface area contributed by atoms with E-state index in [4.69, 9.17) is 4.74 Å². The largest absolute Gasteiger partial charge is 0.471 e. The van der Waals surface area contributed by atoms with E-state index in [0.29, 0.717) is 24.7 Å². The average molecular weight is 308 g/mol. The van der Waals surface area contributed by atoms with E-state index in [-0.39, 0.29) is 12.0 Å². The Bertz CT molecular complexity index is 798. The number of nitrogens with one attached hydrogen (secondary N) is 1. The number of ether oxygens (including phenoxy) is 1. The Morgan fingerprint density at radius 3 is 3.00 bits per heavy atom. The van der Waals surface area contributed by atoms with Gasteiger partial charge in [-0.3, -0.25) is 4.79 Å². The van der Waals surface area contributed by atoms with Gasteiger partial charge in [0, 0.05) is 36.1 Å². The van der Waals surface area contributed by atoms with E-state index in [2.05, 4.69) is 15.2 Å². The molecule has 2 aromatic heterocycles. The van der Waals surface area contributed by atoms with Gasteiger partial charge in [-0.2, -0.15) is 5.10 Å². The van der Waals surface area contributed by atoms with Crippen molar-refractivity contribution < 1.29 is 9.53 Å². The van der Waals surface area contributed by atoms with Gasteiger partial charge in [0.1, 0.15) is 11.8 Å². The quantitative estimate of drug-likeness (QED) is 0.805. The fourth-order valence-corrected chi connectivity index (χ4v) is 2.89. The summed E-state index contributed by atoms with van der Waals surface area (Å²) in [5.41, 5.74) is 1.59. The Hall–Kier alpha value is -2.89. The number of rotatable bonds is 3. The summed E-state index contributed by atoms with van der Waals surface area (Å²) in [6, 6.07) is 13.3. The van der Waals surface area contributed by atoms with Crippen LogP contribution in [-0.2, 0) is 0 Å². The predicted octanol–water partition coefficient (Wildman–Crippen LogP) is 2.25. The first kappa shape index (κ1) is 13.8. The molecule has 3 aromatic rings. The molecule has 1 amide bonds. The van der Waals surface area contributed by atoms with Crippen LogP contribution in [0.2, 0.25) is 0 Å². The maximum absolute atomic E-state index is 12.6. The Morgan fingerprint density at radius 2 is 2.17 bits per heavy atom. The topological polar surface area (TPSA) is 71.1 Å². The monoisotopic (exact) mass is 308 g/mol. The van der Waals surface area contributed by atoms with Crippen molar-refractivity contribution in [2.75, 3.05) is 13.1 Å². The lowest BCUT2D eigenvalue weighted by molar-refractivity contribution is 0.0766. The van der Waals surface area contributed by atoms with Crippen molar-refractivity contribution in [2.45, 2.75) is 12.5 Å². The number of H-pyrrole nitrogens is 1. The molecule has 0 saturated carbocycles. The normalized spacial score (nSPS) is 17.6. The van der Waals surface area contributed by atoms with Crippen molar-refractivity contribution in [1.29, 1.82) is 0 Å². The highest BCUT2D eigenvalue weighted by atomic mass is 16.5. The van der Waals surface area contributed by atoms with Gasteiger partial charge in [0.15, 0.2) is 0 Å². The maximum atomic E-state index is 12.6. The van der Waals surface area contributed by atoms with Crippen molar-refractivity contribution in [1.82, 2.24) is 20.1 Å². The number of aromatic amines is 1. The number of carbonyl (C=O) groups is 1. The zero-order chi connectivity index (χ0) is 15.6. The summed E-state index contributed by atoms with van der Waals surface area (Å²) >= 11 is 0. The maximum Gasteiger partial charge on any atom is 0.270 e. The number of fused-ring (bicyclic) bond motifs is 1. The summed E-state index contributed by atoms with van der Waals surface area (Å²) in [6.45, 7) is 1.24. The minimum Gasteiger partial charge on any atom is -0.471 e. The fraction of sp³-hybridized carbons (Fsp3) is 0.235. The molecule has 3 heterocycles. The standard InChI is InChI=1S/C17H16N4O2/c22-17(15-10-12-4-1-2-5-14(12)19-15)21-9-7-13(11-21)23-16-6-3-8-18-20-16/h1-6,8,10,13,19H,7,9,11H2. The van der Waals surface area contributed by atoms with Crippen LogP contribution >= 0.6 is 0 Å². The molecule has 1 unspecified atom stereocenters. The lowest BCUT2D eigenvalue weighted by atomic mass is 10.2. The van der Waals surface area contributed by atoms with E-state index >= 15 is 0 Å². The highest BCUT2D eigenvalue weighted by Gasteiger charge is 2.29. The summed E-state index contributed by atoms with van der Waals surface area (Å²) in [5.74, 6) is 0.504. The SMILES string of the molecule is O=C(c1cc2ccccc2[nH]1)N1CCC(Oc2cccnn2)C1. The van der Waals surface area contributed by atoms with Gasteiger partial charge in [-0.05, 0) is 18.2 Å². The molecule has 1 atom stereocenters. The minimum absolute atomic E-state index is 0.00597. The fourth-order valence-electron chi connectivity index (χ4n) is 2.89. The number of aromatic nitrogens is 3. The van der Waals surface area contributed by atoms with Crippen LogP contribution in [0.3, 0.4) is 0 Å². The van der Waals surface area contributed by atoms with Crippen LogP contribution in [0.4, 0.5) is 0 Å². The van der Waals surface area contributed by atoms with Crippen molar-refractivity contribution in [3.8, 4) is 5.88 Å². The van der Waals surface area contributed by atoms with Gasteiger partial charge in [-0.15, -0.1) is 5.10 Å². The second-order valence-electron chi connectivity index (χ2n) is 5.61. The molecule has 1 N–H and O–H groups in total. The van der Waals surface area contributed by atoms with E-state index < -0.39 is 0 Å². The van der Waals surface area contributed by atoms with E-state index in [9.17, 15) is 4.79 Å². The third-order valence-electron chi connectivity index (χ3n) is 4.03. The Labute approximate surface area is 133 Å². The van der Waals surface area contributed by atoms with Gasteiger partial charge < -0.3 is 14.6 Å². The van der Waals surface area contributed by atoms with E-state index in [1.807, 2.05) is 35.2 Å². The van der Waals surface area contributed by atoms with Gasteiger partial charge in [0.25, 0.3) is 5.91 Å². The lowest BCUT2D eigenvalue weighted by Gasteiger charge is -2.16. The molecule has 1 aromatic carbocycles. The number of nitrogens with zero attached hydrogens (tertiary/aromatic N) is 3. The van der Waals surface area contributed by atoms with Crippen LogP contribution in [0.15, 0.2) is 48.7 Å². The van der Waals surface area contributed by atoms with Gasteiger partial charge in [-0.25, -0.2) is 0 Å². The number of likely N-dealkylation sites (tertiary alicyclic amines) is 1. The number of carbonyl (C=O) groups excluding carboxylic acids is 1. The van der Waals surface area contributed by atoms with Crippen molar-refractivity contribution >= 4 is 16.8 Å². The van der Waals surface area contributed by atoms with Crippen molar-refractivity contribution in [3.63, 3.8) is 0 Å². The van der Waals surface area contributed by atoms with E-state index in [1.165, 1.54) is 0 Å². The van der Waals surface area contributed by atoms with Gasteiger partial charge in [-0.1, -0.05) is 18.2 Å². The van der Waals surface area contributed by atoms with Crippen molar-refractivity contribution in [2.24, 2.45) is 0 Å². The molecule has 1 aliphatic heterocycles. The highest BCUT2D eigenvalue weighted by Crippen LogP contribution is 2.20. The third-order valence-corrected chi connectivity index (χ3v) is 4.03. The summed E-state index contributed by atoms with van der Waals surface area (Å²) in [6.07, 6.45) is 2.36. The molecular formula is C17H16N4O2. The van der Waals surface area contributed by atoms with Crippen molar-refractivity contribution in [3.05, 3.63) is 54.4 Å². The van der Waals surface area contributed by atoms with E-state index in [0.717, 1.165) is 17.3 Å². The molecular weight excluding hydrogens is 292 g/mol. The van der Waals surface area contributed by atoms with Gasteiger partial charge in [0.05, 0.1) is 6.54 Å². The zero-order valence-electron chi connectivity index (χ0n) is 12.5. The van der Waals surface area contributed by atoms with Gasteiger partial charge >= 0.3 is 0 Å². The molecule has 6 nitrogen and oxygen atoms in total. The van der Waals surface area contributed by atoms with Crippen LogP contribution in [0.1, 0.15) is 16.9 Å². The molecule has 0 spiro atoms. The molecule has 116 valence electrons. The van der Waals surface area contributed by atoms with Crippen LogP contribution in [0.5, 0.6) is 5.88 Å². The lowest BCUT2D eigenvalue weighted by Crippen LogP contribution is -2.31. The first-order valence-corrected chi connectivity index (χ1v) is 7.61. The first-order chi connectivity index (χ1) is 11.3. The van der Waals surface area contributed by atoms with Crippen LogP contribution in [0, 0.1) is 0 Å². The predicted molar refractivity (Wildman–Crippen MR) is 85.3 cm³/mol. The Morgan fingerprint density at radius 1 is 1.26 bits per heavy atom. The molecule has 1 fully saturated rings. The number of benzene rings is 1. The van der Waals surface area contributed by atoms with Gasteiger partial charge in [0.2, 0.25) is 5.88 Å². The van der Waals surface area contributed by atoms with Crippen LogP contribution in [-0.4, -0.2) is 45.2 Å². The van der Waals surface area contributed by atoms with Crippen LogP contribution in [0.25, 0.3) is 10.9 Å². The second kappa shape index (κ2) is 5.72. The number of amides is 1. The van der Waals surface area contributed by atoms with Crippen LogP contribution < -0.4 is 4.74 Å². The summed E-state index contributed by atoms with van der Waals surface area (Å²) in [5, 5.41) is 8.75. The summed E-state index contributed by atoms with van der Waals surface area (Å²) in [7, 11) is 0. The van der Waals surface area contributed by atoms with E-state index in [1.54, 1.807) is 18.3 Å². The summed E-state index contributed by atoms with van der Waals surface area (Å²) in [4.78, 5) is 17.6. The Balaban J connectivity index is 1.45. The number of hydrogen-bond donors (Lipinski definition) is 1. The zero-order valence-corrected chi connectivity index (χ0v) is 12.5. The molecule has 23 heavy (non-hydrogen) atoms. The molecule has 1 aliphatic rings. The molecule has 0 radical (unpaired) electrons. The number of para-hydroxylation sites is 1. The second-order valence-corrected chi connectivity index (χ2v) is 5.61. The average Bonchev–Trinajstić information content (AvgIpc) is 3.21. The molecule has 4 rings (SSSR count). The molecule has 0 bridgehead atoms. The first-order valence-electron chi connectivity index (χ1n) is 7.61. The molecule has 1 saturated heterocycles. The third kappa shape index (κ3) is 2.75. The summed E-state index contributed by atoms with van der Waals surface area (Å²) < 4.78 is 5.77. The number of hydrogen-bond acceptors (Lipinski definition) is 4. The molecule has 0 aliphatic carbocycles. The highest BCUT2D eigenvalue weighted by molar-refractivity contribution is 5.98. The Kier molecular flexibility index (Phi) is 3.42. The molecule has 6 heteroatoms.